The Morgan fingerprint density at radius 3 is 2.75 bits per heavy atom. The summed E-state index contributed by atoms with van der Waals surface area (Å²) in [5.74, 6) is 0.443. The van der Waals surface area contributed by atoms with Crippen LogP contribution in [-0.4, -0.2) is 41.2 Å². The lowest BCUT2D eigenvalue weighted by atomic mass is 9.82. The first kappa shape index (κ1) is 18.2. The summed E-state index contributed by atoms with van der Waals surface area (Å²) >= 11 is 0. The predicted molar refractivity (Wildman–Crippen MR) is 105 cm³/mol. The summed E-state index contributed by atoms with van der Waals surface area (Å²) in [7, 11) is 1.66. The van der Waals surface area contributed by atoms with E-state index in [-0.39, 0.29) is 17.1 Å². The van der Waals surface area contributed by atoms with Crippen LogP contribution in [0.1, 0.15) is 29.4 Å². The number of nitrogens with one attached hydrogen (secondary N) is 1. The number of aromatic amines is 1. The number of nitrogens with zero attached hydrogens (tertiary/aromatic N) is 2. The van der Waals surface area contributed by atoms with Crippen LogP contribution < -0.4 is 4.74 Å². The van der Waals surface area contributed by atoms with Crippen LogP contribution in [0.25, 0.3) is 11.3 Å². The highest BCUT2D eigenvalue weighted by Crippen LogP contribution is 2.36. The summed E-state index contributed by atoms with van der Waals surface area (Å²) in [5, 5.41) is 7.04. The van der Waals surface area contributed by atoms with Gasteiger partial charge in [0.05, 0.1) is 12.8 Å². The topological polar surface area (TPSA) is 58.2 Å². The Labute approximate surface area is 163 Å². The Hall–Kier alpha value is -3.15. The lowest BCUT2D eigenvalue weighted by molar-refractivity contribution is 0.0779. The number of amides is 1. The lowest BCUT2D eigenvalue weighted by Crippen LogP contribution is -2.33. The van der Waals surface area contributed by atoms with Gasteiger partial charge >= 0.3 is 0 Å². The standard InChI is InChI=1S/C22H22FN3O2/c1-22(16-4-3-5-18(12-16)28-2)10-11-26(14-22)21(27)20-13-19(24-25-20)15-6-8-17(23)9-7-15/h3-9,12-13H,10-11,14H2,1-2H3,(H,24,25). The van der Waals surface area contributed by atoms with E-state index in [1.165, 1.54) is 17.7 Å². The molecule has 0 saturated carbocycles. The van der Waals surface area contributed by atoms with Gasteiger partial charge < -0.3 is 9.64 Å². The highest BCUT2D eigenvalue weighted by atomic mass is 19.1. The Morgan fingerprint density at radius 1 is 1.21 bits per heavy atom. The molecule has 1 fully saturated rings. The zero-order valence-electron chi connectivity index (χ0n) is 15.9. The average Bonchev–Trinajstić information content (AvgIpc) is 3.36. The fourth-order valence-electron chi connectivity index (χ4n) is 3.74. The van der Waals surface area contributed by atoms with Gasteiger partial charge in [0.1, 0.15) is 17.3 Å². The Morgan fingerprint density at radius 2 is 2.00 bits per heavy atom. The van der Waals surface area contributed by atoms with Gasteiger partial charge in [-0.1, -0.05) is 19.1 Å². The minimum absolute atomic E-state index is 0.0764. The van der Waals surface area contributed by atoms with Crippen molar-refractivity contribution in [1.29, 1.82) is 0 Å². The summed E-state index contributed by atoms with van der Waals surface area (Å²) in [4.78, 5) is 14.8. The molecular weight excluding hydrogens is 357 g/mol. The summed E-state index contributed by atoms with van der Waals surface area (Å²) in [6.45, 7) is 3.48. The molecule has 2 aromatic carbocycles. The molecule has 1 N–H and O–H groups in total. The van der Waals surface area contributed by atoms with Crippen molar-refractivity contribution in [3.8, 4) is 17.0 Å². The van der Waals surface area contributed by atoms with Crippen molar-refractivity contribution in [1.82, 2.24) is 15.1 Å². The maximum Gasteiger partial charge on any atom is 0.271 e. The van der Waals surface area contributed by atoms with Gasteiger partial charge in [-0.2, -0.15) is 5.10 Å². The van der Waals surface area contributed by atoms with Crippen LogP contribution in [-0.2, 0) is 5.41 Å². The summed E-state index contributed by atoms with van der Waals surface area (Å²) in [6.07, 6.45) is 0.880. The van der Waals surface area contributed by atoms with E-state index in [2.05, 4.69) is 23.2 Å². The monoisotopic (exact) mass is 379 g/mol. The molecule has 1 aliphatic heterocycles. The van der Waals surface area contributed by atoms with Crippen LogP contribution >= 0.6 is 0 Å². The van der Waals surface area contributed by atoms with Crippen molar-refractivity contribution in [3.63, 3.8) is 0 Å². The molecule has 1 unspecified atom stereocenters. The third kappa shape index (κ3) is 3.38. The number of hydrogen-bond donors (Lipinski definition) is 1. The number of H-pyrrole nitrogens is 1. The molecule has 3 aromatic rings. The van der Waals surface area contributed by atoms with Gasteiger partial charge in [0.25, 0.3) is 5.91 Å². The van der Waals surface area contributed by atoms with E-state index in [1.54, 1.807) is 25.3 Å². The molecular formula is C22H22FN3O2. The van der Waals surface area contributed by atoms with Crippen LogP contribution in [0.2, 0.25) is 0 Å². The molecule has 4 rings (SSSR count). The Bertz CT molecular complexity index is 999. The van der Waals surface area contributed by atoms with Gasteiger partial charge in [0.2, 0.25) is 0 Å². The molecule has 0 spiro atoms. The maximum atomic E-state index is 13.1. The number of carbonyl (C=O) groups is 1. The number of benzene rings is 2. The molecule has 28 heavy (non-hydrogen) atoms. The number of ether oxygens (including phenoxy) is 1. The van der Waals surface area contributed by atoms with Crippen molar-refractivity contribution >= 4 is 5.91 Å². The average molecular weight is 379 g/mol. The molecule has 6 heteroatoms. The Kier molecular flexibility index (Phi) is 4.63. The molecule has 5 nitrogen and oxygen atoms in total. The molecule has 1 amide bonds. The minimum Gasteiger partial charge on any atom is -0.497 e. The first-order valence-electron chi connectivity index (χ1n) is 9.24. The highest BCUT2D eigenvalue weighted by molar-refractivity contribution is 5.93. The molecule has 0 radical (unpaired) electrons. The lowest BCUT2D eigenvalue weighted by Gasteiger charge is -2.25. The van der Waals surface area contributed by atoms with Crippen molar-refractivity contribution < 1.29 is 13.9 Å². The first-order valence-corrected chi connectivity index (χ1v) is 9.24. The molecule has 2 heterocycles. The van der Waals surface area contributed by atoms with Crippen LogP contribution in [0.15, 0.2) is 54.6 Å². The van der Waals surface area contributed by atoms with Gasteiger partial charge in [-0.05, 0) is 54.4 Å². The predicted octanol–water partition coefficient (Wildman–Crippen LogP) is 4.03. The van der Waals surface area contributed by atoms with Crippen LogP contribution in [0.4, 0.5) is 4.39 Å². The number of hydrogen-bond acceptors (Lipinski definition) is 3. The Balaban J connectivity index is 1.51. The van der Waals surface area contributed by atoms with Crippen molar-refractivity contribution in [2.45, 2.75) is 18.8 Å². The molecule has 1 aromatic heterocycles. The van der Waals surface area contributed by atoms with Crippen molar-refractivity contribution in [2.24, 2.45) is 0 Å². The van der Waals surface area contributed by atoms with Crippen LogP contribution in [0, 0.1) is 5.82 Å². The SMILES string of the molecule is COc1cccc(C2(C)CCN(C(=O)c3cc(-c4ccc(F)cc4)n[nH]3)C2)c1. The van der Waals surface area contributed by atoms with E-state index >= 15 is 0 Å². The third-order valence-corrected chi connectivity index (χ3v) is 5.48. The largest absolute Gasteiger partial charge is 0.497 e. The normalized spacial score (nSPS) is 19.0. The second-order valence-corrected chi connectivity index (χ2v) is 7.44. The summed E-state index contributed by atoms with van der Waals surface area (Å²) in [5.41, 5.74) is 2.87. The van der Waals surface area contributed by atoms with Gasteiger partial charge in [-0.15, -0.1) is 0 Å². The fraction of sp³-hybridized carbons (Fsp3) is 0.273. The molecule has 144 valence electrons. The second kappa shape index (κ2) is 7.11. The van der Waals surface area contributed by atoms with E-state index in [0.717, 1.165) is 17.7 Å². The fourth-order valence-corrected chi connectivity index (χ4v) is 3.74. The maximum absolute atomic E-state index is 13.1. The number of carbonyl (C=O) groups excluding carboxylic acids is 1. The smallest absolute Gasteiger partial charge is 0.271 e. The number of aromatic nitrogens is 2. The third-order valence-electron chi connectivity index (χ3n) is 5.48. The molecule has 0 bridgehead atoms. The van der Waals surface area contributed by atoms with Crippen LogP contribution in [0.5, 0.6) is 5.75 Å². The van der Waals surface area contributed by atoms with Crippen molar-refractivity contribution in [2.75, 3.05) is 20.2 Å². The molecule has 1 atom stereocenters. The van der Waals surface area contributed by atoms with Gasteiger partial charge in [0, 0.05) is 24.1 Å². The molecule has 1 saturated heterocycles. The quantitative estimate of drug-likeness (QED) is 0.745. The van der Waals surface area contributed by atoms with Crippen LogP contribution in [0.3, 0.4) is 0 Å². The number of rotatable bonds is 4. The molecule has 1 aliphatic rings. The summed E-state index contributed by atoms with van der Waals surface area (Å²) < 4.78 is 18.4. The van der Waals surface area contributed by atoms with E-state index in [1.807, 2.05) is 23.1 Å². The van der Waals surface area contributed by atoms with E-state index in [4.69, 9.17) is 4.74 Å². The molecule has 0 aliphatic carbocycles. The van der Waals surface area contributed by atoms with Gasteiger partial charge in [0.15, 0.2) is 0 Å². The number of likely N-dealkylation sites (tertiary alicyclic amines) is 1. The number of methoxy groups -OCH3 is 1. The minimum atomic E-state index is -0.301. The zero-order valence-corrected chi connectivity index (χ0v) is 15.9. The van der Waals surface area contributed by atoms with Crippen molar-refractivity contribution in [3.05, 3.63) is 71.7 Å². The van der Waals surface area contributed by atoms with E-state index in [9.17, 15) is 9.18 Å². The van der Waals surface area contributed by atoms with E-state index < -0.39 is 0 Å². The number of halogens is 1. The van der Waals surface area contributed by atoms with Gasteiger partial charge in [-0.3, -0.25) is 9.89 Å². The van der Waals surface area contributed by atoms with E-state index in [0.29, 0.717) is 24.5 Å². The second-order valence-electron chi connectivity index (χ2n) is 7.44. The highest BCUT2D eigenvalue weighted by Gasteiger charge is 2.38. The van der Waals surface area contributed by atoms with Gasteiger partial charge in [-0.25, -0.2) is 4.39 Å². The zero-order chi connectivity index (χ0) is 19.7. The summed E-state index contributed by atoms with van der Waals surface area (Å²) in [6, 6.07) is 15.8. The first-order chi connectivity index (χ1) is 13.5.